The molecule has 0 aliphatic carbocycles. The van der Waals surface area contributed by atoms with Crippen LogP contribution in [0.4, 0.5) is 4.79 Å². The Morgan fingerprint density at radius 3 is 2.55 bits per heavy atom. The molecule has 0 fully saturated rings. The van der Waals surface area contributed by atoms with Crippen LogP contribution >= 0.6 is 0 Å². The van der Waals surface area contributed by atoms with E-state index in [1.807, 2.05) is 32.0 Å². The molecule has 2 amide bonds. The number of nitrogens with zero attached hydrogens (tertiary/aromatic N) is 1. The largest absolute Gasteiger partial charge is 0.496 e. The van der Waals surface area contributed by atoms with Crippen LogP contribution in [-0.4, -0.2) is 42.7 Å². The highest BCUT2D eigenvalue weighted by molar-refractivity contribution is 5.76. The summed E-state index contributed by atoms with van der Waals surface area (Å²) in [5, 5.41) is 11.8. The van der Waals surface area contributed by atoms with Crippen molar-refractivity contribution in [3.05, 3.63) is 29.3 Å². The number of benzene rings is 1. The van der Waals surface area contributed by atoms with Crippen LogP contribution < -0.4 is 10.1 Å². The minimum atomic E-state index is -0.923. The SMILES string of the molecule is COc1ccc(C)cc1[C@H](C)NC(=O)N(C)CC(C)C(=O)O. The molecule has 0 aliphatic rings. The van der Waals surface area contributed by atoms with Crippen LogP contribution in [0, 0.1) is 12.8 Å². The zero-order valence-corrected chi connectivity index (χ0v) is 13.7. The molecule has 22 heavy (non-hydrogen) atoms. The fraction of sp³-hybridized carbons (Fsp3) is 0.500. The zero-order chi connectivity index (χ0) is 16.9. The maximum Gasteiger partial charge on any atom is 0.317 e. The number of ether oxygens (including phenoxy) is 1. The second-order valence-corrected chi connectivity index (χ2v) is 5.54. The van der Waals surface area contributed by atoms with Crippen LogP contribution in [0.5, 0.6) is 5.75 Å². The summed E-state index contributed by atoms with van der Waals surface area (Å²) in [7, 11) is 3.17. The number of rotatable bonds is 6. The number of hydrogen-bond donors (Lipinski definition) is 2. The predicted molar refractivity (Wildman–Crippen MR) is 84.1 cm³/mol. The number of carbonyl (C=O) groups excluding carboxylic acids is 1. The Morgan fingerprint density at radius 2 is 2.00 bits per heavy atom. The Morgan fingerprint density at radius 1 is 1.36 bits per heavy atom. The fourth-order valence-electron chi connectivity index (χ4n) is 2.14. The van der Waals surface area contributed by atoms with Crippen LogP contribution in [0.3, 0.4) is 0 Å². The molecule has 0 aliphatic heterocycles. The second-order valence-electron chi connectivity index (χ2n) is 5.54. The van der Waals surface area contributed by atoms with Crippen molar-refractivity contribution in [2.75, 3.05) is 20.7 Å². The number of carboxylic acids is 1. The van der Waals surface area contributed by atoms with Crippen molar-refractivity contribution in [3.8, 4) is 5.75 Å². The molecule has 1 aromatic rings. The Labute approximate surface area is 131 Å². The molecule has 0 saturated heterocycles. The van der Waals surface area contributed by atoms with E-state index in [2.05, 4.69) is 5.32 Å². The van der Waals surface area contributed by atoms with Gasteiger partial charge in [-0.05, 0) is 19.9 Å². The minimum absolute atomic E-state index is 0.152. The average molecular weight is 308 g/mol. The third-order valence-corrected chi connectivity index (χ3v) is 3.51. The van der Waals surface area contributed by atoms with Gasteiger partial charge in [0.15, 0.2) is 0 Å². The number of amides is 2. The Bertz CT molecular complexity index is 545. The molecule has 0 radical (unpaired) electrons. The van der Waals surface area contributed by atoms with E-state index in [-0.39, 0.29) is 18.6 Å². The number of carboxylic acid groups (broad SMARTS) is 1. The number of aliphatic carboxylic acids is 1. The van der Waals surface area contributed by atoms with E-state index in [1.54, 1.807) is 21.1 Å². The first-order valence-electron chi connectivity index (χ1n) is 7.15. The fourth-order valence-corrected chi connectivity index (χ4v) is 2.14. The lowest BCUT2D eigenvalue weighted by molar-refractivity contribution is -0.141. The molecule has 6 nitrogen and oxygen atoms in total. The molecule has 2 N–H and O–H groups in total. The van der Waals surface area contributed by atoms with Gasteiger partial charge in [0.1, 0.15) is 5.75 Å². The molecule has 1 rings (SSSR count). The van der Waals surface area contributed by atoms with Crippen LogP contribution in [0.15, 0.2) is 18.2 Å². The molecule has 122 valence electrons. The molecule has 0 heterocycles. The topological polar surface area (TPSA) is 78.9 Å². The number of nitrogens with one attached hydrogen (secondary N) is 1. The van der Waals surface area contributed by atoms with Gasteiger partial charge in [0, 0.05) is 19.2 Å². The number of aryl methyl sites for hydroxylation is 1. The first-order valence-corrected chi connectivity index (χ1v) is 7.15. The lowest BCUT2D eigenvalue weighted by atomic mass is 10.0. The first-order chi connectivity index (χ1) is 10.3. The van der Waals surface area contributed by atoms with E-state index >= 15 is 0 Å². The van der Waals surface area contributed by atoms with Gasteiger partial charge < -0.3 is 20.1 Å². The normalized spacial score (nSPS) is 13.1. The van der Waals surface area contributed by atoms with Crippen LogP contribution in [0.1, 0.15) is 31.0 Å². The third-order valence-electron chi connectivity index (χ3n) is 3.51. The summed E-state index contributed by atoms with van der Waals surface area (Å²) in [5.41, 5.74) is 1.96. The maximum absolute atomic E-state index is 12.2. The smallest absolute Gasteiger partial charge is 0.317 e. The van der Waals surface area contributed by atoms with Crippen molar-refractivity contribution in [2.24, 2.45) is 5.92 Å². The maximum atomic E-state index is 12.2. The van der Waals surface area contributed by atoms with Gasteiger partial charge in [-0.25, -0.2) is 4.79 Å². The summed E-state index contributed by atoms with van der Waals surface area (Å²) in [6.45, 7) is 5.56. The molecule has 0 bridgehead atoms. The Kier molecular flexibility index (Phi) is 6.22. The van der Waals surface area contributed by atoms with Crippen LogP contribution in [0.2, 0.25) is 0 Å². The van der Waals surface area contributed by atoms with Gasteiger partial charge in [0.2, 0.25) is 0 Å². The minimum Gasteiger partial charge on any atom is -0.496 e. The predicted octanol–water partition coefficient (Wildman–Crippen LogP) is 2.43. The summed E-state index contributed by atoms with van der Waals surface area (Å²) < 4.78 is 5.32. The molecule has 2 atom stereocenters. The van der Waals surface area contributed by atoms with Crippen molar-refractivity contribution in [3.63, 3.8) is 0 Å². The highest BCUT2D eigenvalue weighted by atomic mass is 16.5. The summed E-state index contributed by atoms with van der Waals surface area (Å²) in [6, 6.07) is 5.21. The molecule has 0 aromatic heterocycles. The van der Waals surface area contributed by atoms with Gasteiger partial charge in [-0.3, -0.25) is 4.79 Å². The van der Waals surface area contributed by atoms with Crippen molar-refractivity contribution in [2.45, 2.75) is 26.8 Å². The number of urea groups is 1. The van der Waals surface area contributed by atoms with Gasteiger partial charge in [-0.2, -0.15) is 0 Å². The lowest BCUT2D eigenvalue weighted by Crippen LogP contribution is -2.41. The summed E-state index contributed by atoms with van der Waals surface area (Å²) in [4.78, 5) is 24.4. The molecule has 1 unspecified atom stereocenters. The van der Waals surface area contributed by atoms with Gasteiger partial charge in [-0.1, -0.05) is 24.6 Å². The number of hydrogen-bond acceptors (Lipinski definition) is 3. The van der Waals surface area contributed by atoms with Crippen molar-refractivity contribution in [1.29, 1.82) is 0 Å². The van der Waals surface area contributed by atoms with E-state index in [9.17, 15) is 9.59 Å². The molecule has 6 heteroatoms. The number of methoxy groups -OCH3 is 1. The average Bonchev–Trinajstić information content (AvgIpc) is 2.46. The van der Waals surface area contributed by atoms with Crippen LogP contribution in [-0.2, 0) is 4.79 Å². The Balaban J connectivity index is 2.75. The van der Waals surface area contributed by atoms with Gasteiger partial charge in [0.25, 0.3) is 0 Å². The summed E-state index contributed by atoms with van der Waals surface area (Å²) in [6.07, 6.45) is 0. The molecule has 1 aromatic carbocycles. The van der Waals surface area contributed by atoms with Crippen molar-refractivity contribution >= 4 is 12.0 Å². The molecular formula is C16H24N2O4. The monoisotopic (exact) mass is 308 g/mol. The first kappa shape index (κ1) is 17.8. The highest BCUT2D eigenvalue weighted by Crippen LogP contribution is 2.26. The van der Waals surface area contributed by atoms with Crippen LogP contribution in [0.25, 0.3) is 0 Å². The van der Waals surface area contributed by atoms with Crippen molar-refractivity contribution in [1.82, 2.24) is 10.2 Å². The third kappa shape index (κ3) is 4.65. The van der Waals surface area contributed by atoms with Gasteiger partial charge >= 0.3 is 12.0 Å². The summed E-state index contributed by atoms with van der Waals surface area (Å²) in [5.74, 6) is -0.826. The molecule has 0 spiro atoms. The van der Waals surface area contributed by atoms with Crippen molar-refractivity contribution < 1.29 is 19.4 Å². The summed E-state index contributed by atoms with van der Waals surface area (Å²) >= 11 is 0. The number of carbonyl (C=O) groups is 2. The molecular weight excluding hydrogens is 284 g/mol. The lowest BCUT2D eigenvalue weighted by Gasteiger charge is -2.24. The zero-order valence-electron chi connectivity index (χ0n) is 13.7. The second kappa shape index (κ2) is 7.68. The standard InChI is InChI=1S/C16H24N2O4/c1-10-6-7-14(22-5)13(8-10)12(3)17-16(21)18(4)9-11(2)15(19)20/h6-8,11-12H,9H2,1-5H3,(H,17,21)(H,19,20)/t11?,12-/m0/s1. The van der Waals surface area contributed by atoms with Gasteiger partial charge in [-0.15, -0.1) is 0 Å². The quantitative estimate of drug-likeness (QED) is 0.846. The van der Waals surface area contributed by atoms with E-state index in [0.29, 0.717) is 5.75 Å². The van der Waals surface area contributed by atoms with E-state index in [1.165, 1.54) is 4.90 Å². The Hall–Kier alpha value is -2.24. The van der Waals surface area contributed by atoms with Gasteiger partial charge in [0.05, 0.1) is 19.1 Å². The van der Waals surface area contributed by atoms with E-state index in [4.69, 9.17) is 9.84 Å². The van der Waals surface area contributed by atoms with E-state index < -0.39 is 11.9 Å². The highest BCUT2D eigenvalue weighted by Gasteiger charge is 2.20. The molecule has 0 saturated carbocycles. The van der Waals surface area contributed by atoms with E-state index in [0.717, 1.165) is 11.1 Å².